The summed E-state index contributed by atoms with van der Waals surface area (Å²) in [4.78, 5) is 17.1. The number of hydrogen-bond acceptors (Lipinski definition) is 4. The molecule has 0 fully saturated rings. The molecule has 2 aromatic carbocycles. The van der Waals surface area contributed by atoms with E-state index < -0.39 is 0 Å². The molecule has 1 N–H and O–H groups in total. The molecule has 2 aromatic rings. The van der Waals surface area contributed by atoms with Crippen molar-refractivity contribution in [3.05, 3.63) is 58.1 Å². The van der Waals surface area contributed by atoms with Gasteiger partial charge in [-0.2, -0.15) is 10.3 Å². The number of urea groups is 1. The molecular weight excluding hydrogens is 374 g/mol. The molecule has 0 unspecified atom stereocenters. The highest BCUT2D eigenvalue weighted by molar-refractivity contribution is 9.10. The smallest absolute Gasteiger partial charge is 0.345 e. The number of halogens is 1. The maximum absolute atomic E-state index is 11.9. The summed E-state index contributed by atoms with van der Waals surface area (Å²) in [6, 6.07) is 14.1. The lowest BCUT2D eigenvalue weighted by molar-refractivity contribution is 0.163. The van der Waals surface area contributed by atoms with Gasteiger partial charge < -0.3 is 10.1 Å². The van der Waals surface area contributed by atoms with Crippen molar-refractivity contribution in [2.75, 3.05) is 19.2 Å². The summed E-state index contributed by atoms with van der Waals surface area (Å²) in [7, 11) is 2.95. The third kappa shape index (κ3) is 4.04. The molecule has 0 aliphatic heterocycles. The summed E-state index contributed by atoms with van der Waals surface area (Å²) < 4.78 is 6.49. The Kier molecular flexibility index (Phi) is 6.18. The van der Waals surface area contributed by atoms with Gasteiger partial charge in [0.05, 0.1) is 28.9 Å². The molecule has 0 spiro atoms. The van der Waals surface area contributed by atoms with Gasteiger partial charge in [-0.3, -0.25) is 4.84 Å². The van der Waals surface area contributed by atoms with E-state index in [9.17, 15) is 4.79 Å². The molecule has 0 saturated heterocycles. The number of hydroxylamine groups is 1. The SMILES string of the molecule is CNC(=O)N(OC)c1ccccc1COc1ccc(C#N)cc1Br. The highest BCUT2D eigenvalue weighted by atomic mass is 79.9. The summed E-state index contributed by atoms with van der Waals surface area (Å²) in [5, 5.41) is 12.6. The molecule has 0 heterocycles. The average molecular weight is 390 g/mol. The Labute approximate surface area is 148 Å². The van der Waals surface area contributed by atoms with Gasteiger partial charge in [-0.25, -0.2) is 4.79 Å². The van der Waals surface area contributed by atoms with Crippen molar-refractivity contribution in [2.45, 2.75) is 6.61 Å². The number of ether oxygens (including phenoxy) is 1. The van der Waals surface area contributed by atoms with E-state index in [1.165, 1.54) is 14.2 Å². The first-order chi connectivity index (χ1) is 11.6. The zero-order valence-corrected chi connectivity index (χ0v) is 14.8. The number of para-hydroxylation sites is 1. The molecule has 0 saturated carbocycles. The topological polar surface area (TPSA) is 74.6 Å². The maximum atomic E-state index is 11.9. The predicted octanol–water partition coefficient (Wildman–Crippen LogP) is 3.61. The van der Waals surface area contributed by atoms with Crippen molar-refractivity contribution in [2.24, 2.45) is 0 Å². The van der Waals surface area contributed by atoms with Gasteiger partial charge >= 0.3 is 6.03 Å². The number of benzene rings is 2. The van der Waals surface area contributed by atoms with Gasteiger partial charge in [0.15, 0.2) is 0 Å². The Morgan fingerprint density at radius 3 is 2.71 bits per heavy atom. The molecule has 0 aromatic heterocycles. The third-order valence-corrected chi connectivity index (χ3v) is 3.86. The quantitative estimate of drug-likeness (QED) is 0.792. The number of anilines is 1. The zero-order valence-electron chi connectivity index (χ0n) is 13.2. The first-order valence-corrected chi connectivity index (χ1v) is 7.86. The number of rotatable bonds is 5. The summed E-state index contributed by atoms with van der Waals surface area (Å²) in [6.07, 6.45) is 0. The Morgan fingerprint density at radius 2 is 2.08 bits per heavy atom. The highest BCUT2D eigenvalue weighted by Gasteiger charge is 2.17. The molecule has 0 aliphatic carbocycles. The second-order valence-electron chi connectivity index (χ2n) is 4.71. The van der Waals surface area contributed by atoms with Gasteiger partial charge in [-0.05, 0) is 40.2 Å². The van der Waals surface area contributed by atoms with Crippen LogP contribution in [0, 0.1) is 11.3 Å². The van der Waals surface area contributed by atoms with E-state index in [0.29, 0.717) is 21.5 Å². The largest absolute Gasteiger partial charge is 0.488 e. The fourth-order valence-electron chi connectivity index (χ4n) is 2.07. The lowest BCUT2D eigenvalue weighted by Crippen LogP contribution is -2.37. The van der Waals surface area contributed by atoms with Crippen molar-refractivity contribution in [1.82, 2.24) is 5.32 Å². The predicted molar refractivity (Wildman–Crippen MR) is 93.6 cm³/mol. The molecular formula is C17H16BrN3O3. The lowest BCUT2D eigenvalue weighted by Gasteiger charge is -2.22. The third-order valence-electron chi connectivity index (χ3n) is 3.24. The molecule has 24 heavy (non-hydrogen) atoms. The van der Waals surface area contributed by atoms with Crippen molar-refractivity contribution >= 4 is 27.6 Å². The van der Waals surface area contributed by atoms with E-state index in [1.807, 2.05) is 18.2 Å². The van der Waals surface area contributed by atoms with Crippen LogP contribution in [0.25, 0.3) is 0 Å². The number of carbonyl (C=O) groups excluding carboxylic acids is 1. The number of nitrogens with one attached hydrogen (secondary N) is 1. The van der Waals surface area contributed by atoms with Crippen LogP contribution in [0.3, 0.4) is 0 Å². The van der Waals surface area contributed by atoms with Gasteiger partial charge in [0.1, 0.15) is 12.4 Å². The molecule has 0 radical (unpaired) electrons. The van der Waals surface area contributed by atoms with Crippen LogP contribution >= 0.6 is 15.9 Å². The molecule has 124 valence electrons. The average Bonchev–Trinajstić information content (AvgIpc) is 2.62. The molecule has 0 bridgehead atoms. The van der Waals surface area contributed by atoms with E-state index in [1.54, 1.807) is 24.3 Å². The maximum Gasteiger partial charge on any atom is 0.345 e. The summed E-state index contributed by atoms with van der Waals surface area (Å²) in [5.41, 5.74) is 1.91. The van der Waals surface area contributed by atoms with Crippen LogP contribution < -0.4 is 15.1 Å². The van der Waals surface area contributed by atoms with Gasteiger partial charge in [0.2, 0.25) is 0 Å². The first-order valence-electron chi connectivity index (χ1n) is 7.07. The molecule has 6 nitrogen and oxygen atoms in total. The van der Waals surface area contributed by atoms with Crippen LogP contribution in [-0.2, 0) is 11.4 Å². The number of nitriles is 1. The molecule has 0 aliphatic rings. The Morgan fingerprint density at radius 1 is 1.33 bits per heavy atom. The van der Waals surface area contributed by atoms with Crippen LogP contribution in [-0.4, -0.2) is 20.2 Å². The molecule has 2 amide bonds. The second kappa shape index (κ2) is 8.34. The normalized spacial score (nSPS) is 9.92. The van der Waals surface area contributed by atoms with E-state index in [-0.39, 0.29) is 12.6 Å². The highest BCUT2D eigenvalue weighted by Crippen LogP contribution is 2.28. The summed E-state index contributed by atoms with van der Waals surface area (Å²) in [6.45, 7) is 0.234. The first kappa shape index (κ1) is 17.8. The van der Waals surface area contributed by atoms with Crippen molar-refractivity contribution < 1.29 is 14.4 Å². The van der Waals surface area contributed by atoms with Gasteiger partial charge in [-0.15, -0.1) is 0 Å². The van der Waals surface area contributed by atoms with Crippen molar-refractivity contribution in [1.29, 1.82) is 5.26 Å². The summed E-state index contributed by atoms with van der Waals surface area (Å²) >= 11 is 3.38. The summed E-state index contributed by atoms with van der Waals surface area (Å²) in [5.74, 6) is 0.604. The van der Waals surface area contributed by atoms with Crippen LogP contribution in [0.4, 0.5) is 10.5 Å². The standard InChI is InChI=1S/C17H16BrN3O3/c1-20-17(22)21(23-2)15-6-4-3-5-13(15)11-24-16-8-7-12(10-19)9-14(16)18/h3-9H,11H2,1-2H3,(H,20,22). The van der Waals surface area contributed by atoms with Crippen LogP contribution in [0.2, 0.25) is 0 Å². The van der Waals surface area contributed by atoms with Gasteiger partial charge in [0, 0.05) is 12.6 Å². The van der Waals surface area contributed by atoms with Gasteiger partial charge in [-0.1, -0.05) is 18.2 Å². The Hall–Kier alpha value is -2.56. The number of hydrogen-bond donors (Lipinski definition) is 1. The minimum atomic E-state index is -0.385. The number of carbonyl (C=O) groups is 1. The van der Waals surface area contributed by atoms with Gasteiger partial charge in [0.25, 0.3) is 0 Å². The number of nitrogens with zero attached hydrogens (tertiary/aromatic N) is 2. The molecule has 2 rings (SSSR count). The fraction of sp³-hybridized carbons (Fsp3) is 0.176. The minimum absolute atomic E-state index is 0.234. The molecule has 7 heteroatoms. The molecule has 0 atom stereocenters. The Bertz CT molecular complexity index is 774. The van der Waals surface area contributed by atoms with Crippen molar-refractivity contribution in [3.63, 3.8) is 0 Å². The monoisotopic (exact) mass is 389 g/mol. The Balaban J connectivity index is 2.22. The second-order valence-corrected chi connectivity index (χ2v) is 5.56. The lowest BCUT2D eigenvalue weighted by atomic mass is 10.2. The minimum Gasteiger partial charge on any atom is -0.488 e. The van der Waals surface area contributed by atoms with E-state index >= 15 is 0 Å². The van der Waals surface area contributed by atoms with Crippen molar-refractivity contribution in [3.8, 4) is 11.8 Å². The van der Waals surface area contributed by atoms with E-state index in [2.05, 4.69) is 27.3 Å². The number of amides is 2. The van der Waals surface area contributed by atoms with E-state index in [4.69, 9.17) is 14.8 Å². The van der Waals surface area contributed by atoms with Crippen LogP contribution in [0.5, 0.6) is 5.75 Å². The van der Waals surface area contributed by atoms with Crippen LogP contribution in [0.1, 0.15) is 11.1 Å². The fourth-order valence-corrected chi connectivity index (χ4v) is 2.56. The van der Waals surface area contributed by atoms with Crippen LogP contribution in [0.15, 0.2) is 46.9 Å². The van der Waals surface area contributed by atoms with E-state index in [0.717, 1.165) is 10.6 Å². The zero-order chi connectivity index (χ0) is 17.5.